The van der Waals surface area contributed by atoms with Crippen molar-refractivity contribution in [3.8, 4) is 5.75 Å². The zero-order chi connectivity index (χ0) is 39.6. The van der Waals surface area contributed by atoms with Gasteiger partial charge in [-0.2, -0.15) is 0 Å². The van der Waals surface area contributed by atoms with Crippen molar-refractivity contribution < 1.29 is 53.3 Å². The van der Waals surface area contributed by atoms with Gasteiger partial charge < -0.3 is 35.8 Å². The van der Waals surface area contributed by atoms with E-state index in [-0.39, 0.29) is 37.3 Å². The molecule has 16 nitrogen and oxygen atoms in total. The molecule has 284 valence electrons. The van der Waals surface area contributed by atoms with Crippen LogP contribution in [-0.4, -0.2) is 113 Å². The standard InChI is InChI=1S/C36H49N5O11/c1-21(31(47)38-24(34(50)51)13-16-27(44)45)17-19-40(8)33(49)30(35(2,3)4)39-32(48)29(37-7)36(5,6)22-9-11-23(12-10-22)52-28(46)18-20-41-25(42)14-15-26(41)43/h9-12,14-15,17,24,29-30,37H,13,16,18-20H2,1-8H3,(H,38,47)(H,39,48)(H,44,45)(H,50,51)/b21-17+/t24-,29?,30?/m1/s1. The molecule has 5 amide bonds. The fraction of sp³-hybridized carbons (Fsp3) is 0.500. The first-order valence-corrected chi connectivity index (χ1v) is 16.6. The topological polar surface area (TPSA) is 229 Å². The predicted octanol–water partition coefficient (Wildman–Crippen LogP) is 1.14. The van der Waals surface area contributed by atoms with Gasteiger partial charge in [0.05, 0.1) is 12.5 Å². The summed E-state index contributed by atoms with van der Waals surface area (Å²) in [6.45, 7) is 10.3. The normalized spacial score (nSPS) is 15.1. The number of carboxylic acid groups (broad SMARTS) is 2. The minimum absolute atomic E-state index is 0.0447. The zero-order valence-corrected chi connectivity index (χ0v) is 30.8. The van der Waals surface area contributed by atoms with Crippen molar-refractivity contribution in [3.05, 3.63) is 53.6 Å². The number of nitrogens with zero attached hydrogens (tertiary/aromatic N) is 2. The van der Waals surface area contributed by atoms with E-state index in [0.717, 1.165) is 17.1 Å². The molecule has 0 aliphatic carbocycles. The fourth-order valence-electron chi connectivity index (χ4n) is 5.32. The Morgan fingerprint density at radius 1 is 0.904 bits per heavy atom. The van der Waals surface area contributed by atoms with Gasteiger partial charge in [0.25, 0.3) is 11.8 Å². The summed E-state index contributed by atoms with van der Waals surface area (Å²) in [5.41, 5.74) is -0.754. The number of amides is 5. The second-order valence-corrected chi connectivity index (χ2v) is 14.1. The minimum atomic E-state index is -1.40. The van der Waals surface area contributed by atoms with Crippen molar-refractivity contribution in [1.82, 2.24) is 25.8 Å². The highest BCUT2D eigenvalue weighted by atomic mass is 16.5. The molecule has 52 heavy (non-hydrogen) atoms. The quantitative estimate of drug-likeness (QED) is 0.0621. The Kier molecular flexibility index (Phi) is 15.0. The lowest BCUT2D eigenvalue weighted by Gasteiger charge is -2.38. The van der Waals surface area contributed by atoms with Crippen molar-refractivity contribution in [2.24, 2.45) is 5.41 Å². The Morgan fingerprint density at radius 3 is 1.98 bits per heavy atom. The molecule has 0 aromatic heterocycles. The average Bonchev–Trinajstić information content (AvgIpc) is 3.38. The van der Waals surface area contributed by atoms with Crippen molar-refractivity contribution in [2.45, 2.75) is 84.3 Å². The van der Waals surface area contributed by atoms with Crippen LogP contribution in [0.25, 0.3) is 0 Å². The first-order chi connectivity index (χ1) is 24.1. The highest BCUT2D eigenvalue weighted by molar-refractivity contribution is 6.13. The number of imide groups is 1. The van der Waals surface area contributed by atoms with Gasteiger partial charge in [0.15, 0.2) is 0 Å². The number of benzene rings is 1. The Balaban J connectivity index is 2.10. The van der Waals surface area contributed by atoms with Gasteiger partial charge in [-0.15, -0.1) is 0 Å². The Labute approximate surface area is 302 Å². The molecule has 0 radical (unpaired) electrons. The maximum Gasteiger partial charge on any atom is 0.326 e. The van der Waals surface area contributed by atoms with E-state index in [9.17, 15) is 43.5 Å². The van der Waals surface area contributed by atoms with Crippen LogP contribution in [0.4, 0.5) is 0 Å². The Bertz CT molecular complexity index is 1590. The number of likely N-dealkylation sites (N-methyl/N-ethyl adjacent to an activating group) is 2. The maximum atomic E-state index is 13.8. The number of hydrogen-bond donors (Lipinski definition) is 5. The lowest BCUT2D eigenvalue weighted by Crippen LogP contribution is -2.60. The smallest absolute Gasteiger partial charge is 0.326 e. The van der Waals surface area contributed by atoms with Gasteiger partial charge in [-0.1, -0.05) is 52.8 Å². The molecule has 1 aromatic carbocycles. The van der Waals surface area contributed by atoms with Gasteiger partial charge in [0.2, 0.25) is 17.7 Å². The molecule has 5 N–H and O–H groups in total. The van der Waals surface area contributed by atoms with Crippen molar-refractivity contribution in [2.75, 3.05) is 27.2 Å². The summed E-state index contributed by atoms with van der Waals surface area (Å²) >= 11 is 0. The molecule has 3 atom stereocenters. The lowest BCUT2D eigenvalue weighted by atomic mass is 9.76. The van der Waals surface area contributed by atoms with Crippen LogP contribution in [0.5, 0.6) is 5.75 Å². The Morgan fingerprint density at radius 2 is 1.48 bits per heavy atom. The predicted molar refractivity (Wildman–Crippen MR) is 188 cm³/mol. The third-order valence-electron chi connectivity index (χ3n) is 8.60. The van der Waals surface area contributed by atoms with Gasteiger partial charge in [-0.25, -0.2) is 4.79 Å². The van der Waals surface area contributed by atoms with Gasteiger partial charge in [0, 0.05) is 49.7 Å². The van der Waals surface area contributed by atoms with Crippen LogP contribution < -0.4 is 20.7 Å². The third-order valence-corrected chi connectivity index (χ3v) is 8.60. The van der Waals surface area contributed by atoms with Gasteiger partial charge >= 0.3 is 17.9 Å². The SMILES string of the molecule is CNC(C(=O)NC(C(=O)N(C)C/C=C(\C)C(=O)N[C@H](CCC(=O)O)C(=O)O)C(C)(C)C)C(C)(C)c1ccc(OC(=O)CCN2C(=O)C=CC2=O)cc1. The Hall–Kier alpha value is -5.38. The van der Waals surface area contributed by atoms with Crippen LogP contribution in [-0.2, 0) is 43.8 Å². The van der Waals surface area contributed by atoms with Crippen LogP contribution in [0.15, 0.2) is 48.1 Å². The monoisotopic (exact) mass is 727 g/mol. The molecule has 0 bridgehead atoms. The first kappa shape index (κ1) is 42.8. The molecule has 2 unspecified atom stereocenters. The molecule has 16 heteroatoms. The molecule has 1 aromatic rings. The van der Waals surface area contributed by atoms with E-state index < -0.39 is 82.8 Å². The molecule has 2 rings (SSSR count). The van der Waals surface area contributed by atoms with E-state index in [1.54, 1.807) is 52.1 Å². The van der Waals surface area contributed by atoms with E-state index in [0.29, 0.717) is 5.56 Å². The van der Waals surface area contributed by atoms with Crippen molar-refractivity contribution in [3.63, 3.8) is 0 Å². The summed E-state index contributed by atoms with van der Waals surface area (Å²) in [6, 6.07) is 3.32. The summed E-state index contributed by atoms with van der Waals surface area (Å²) in [6.07, 6.45) is 2.77. The van der Waals surface area contributed by atoms with E-state index in [1.165, 1.54) is 24.9 Å². The fourth-order valence-corrected chi connectivity index (χ4v) is 5.32. The molecule has 1 aliphatic rings. The largest absolute Gasteiger partial charge is 0.481 e. The molecule has 0 saturated carbocycles. The number of esters is 1. The summed E-state index contributed by atoms with van der Waals surface area (Å²) in [5.74, 6) is -5.59. The van der Waals surface area contributed by atoms with Gasteiger partial charge in [-0.05, 0) is 43.5 Å². The molecular weight excluding hydrogens is 678 g/mol. The maximum absolute atomic E-state index is 13.8. The third kappa shape index (κ3) is 11.9. The van der Waals surface area contributed by atoms with Gasteiger partial charge in [-0.3, -0.25) is 38.5 Å². The van der Waals surface area contributed by atoms with E-state index in [2.05, 4.69) is 16.0 Å². The number of nitrogens with one attached hydrogen (secondary N) is 3. The number of rotatable bonds is 18. The van der Waals surface area contributed by atoms with Crippen LogP contribution in [0, 0.1) is 5.41 Å². The molecule has 1 heterocycles. The van der Waals surface area contributed by atoms with Crippen molar-refractivity contribution in [1.29, 1.82) is 0 Å². The van der Waals surface area contributed by atoms with Crippen LogP contribution in [0.2, 0.25) is 0 Å². The molecule has 0 saturated heterocycles. The van der Waals surface area contributed by atoms with E-state index in [4.69, 9.17) is 9.84 Å². The minimum Gasteiger partial charge on any atom is -0.481 e. The van der Waals surface area contributed by atoms with E-state index >= 15 is 0 Å². The van der Waals surface area contributed by atoms with E-state index in [1.807, 2.05) is 13.8 Å². The molecular formula is C36H49N5O11. The number of carbonyl (C=O) groups excluding carboxylic acids is 6. The highest BCUT2D eigenvalue weighted by Crippen LogP contribution is 2.30. The van der Waals surface area contributed by atoms with Crippen LogP contribution in [0.3, 0.4) is 0 Å². The second kappa shape index (κ2) is 18.2. The molecule has 0 spiro atoms. The number of aliphatic carboxylic acids is 2. The van der Waals surface area contributed by atoms with Crippen LogP contribution >= 0.6 is 0 Å². The molecule has 0 fully saturated rings. The zero-order valence-electron chi connectivity index (χ0n) is 30.8. The number of carboxylic acids is 2. The molecule has 1 aliphatic heterocycles. The van der Waals surface area contributed by atoms with Crippen LogP contribution in [0.1, 0.15) is 66.4 Å². The second-order valence-electron chi connectivity index (χ2n) is 14.1. The average molecular weight is 728 g/mol. The first-order valence-electron chi connectivity index (χ1n) is 16.6. The number of carbonyl (C=O) groups is 8. The number of hydrogen-bond acceptors (Lipinski definition) is 10. The number of ether oxygens (including phenoxy) is 1. The lowest BCUT2D eigenvalue weighted by molar-refractivity contribution is -0.143. The summed E-state index contributed by atoms with van der Waals surface area (Å²) < 4.78 is 5.36. The van der Waals surface area contributed by atoms with Crippen molar-refractivity contribution >= 4 is 47.4 Å². The van der Waals surface area contributed by atoms with Gasteiger partial charge in [0.1, 0.15) is 17.8 Å². The summed E-state index contributed by atoms with van der Waals surface area (Å²) in [5, 5.41) is 26.4. The summed E-state index contributed by atoms with van der Waals surface area (Å²) in [4.78, 5) is 100. The summed E-state index contributed by atoms with van der Waals surface area (Å²) in [7, 11) is 3.11. The highest BCUT2D eigenvalue weighted by Gasteiger charge is 2.40.